The van der Waals surface area contributed by atoms with E-state index in [0.29, 0.717) is 6.54 Å². The van der Waals surface area contributed by atoms with Gasteiger partial charge in [0.2, 0.25) is 29.5 Å². The monoisotopic (exact) mass is 685 g/mol. The highest BCUT2D eigenvalue weighted by Crippen LogP contribution is 2.43. The number of nitrogens with two attached hydrogens (primary N) is 3. The summed E-state index contributed by atoms with van der Waals surface area (Å²) in [6.07, 6.45) is 6.11. The molecular weight excluding hydrogens is 629 g/mol. The lowest BCUT2D eigenvalue weighted by Crippen LogP contribution is -2.64. The molecule has 0 aromatic carbocycles. The average molecular weight is 686 g/mol. The van der Waals surface area contributed by atoms with Crippen LogP contribution in [0.1, 0.15) is 85.0 Å². The zero-order valence-corrected chi connectivity index (χ0v) is 28.3. The van der Waals surface area contributed by atoms with Crippen molar-refractivity contribution in [2.45, 2.75) is 121 Å². The first-order valence-electron chi connectivity index (χ1n) is 16.6. The number of hydrogen-bond donors (Lipinski definition) is 12. The fourth-order valence-corrected chi connectivity index (χ4v) is 4.94. The molecule has 1 saturated carbocycles. The Labute approximate surface area is 282 Å². The van der Waals surface area contributed by atoms with Crippen LogP contribution in [0.5, 0.6) is 0 Å². The molecule has 19 heteroatoms. The predicted molar refractivity (Wildman–Crippen MR) is 177 cm³/mol. The van der Waals surface area contributed by atoms with Gasteiger partial charge in [0.15, 0.2) is 6.17 Å². The van der Waals surface area contributed by atoms with Crippen LogP contribution in [0, 0.1) is 5.92 Å². The third-order valence-electron chi connectivity index (χ3n) is 8.13. The number of carbonyl (C=O) groups excluding carboxylic acids is 6. The highest BCUT2D eigenvalue weighted by Gasteiger charge is 2.64. The molecule has 0 saturated heterocycles. The highest BCUT2D eigenvalue weighted by molar-refractivity contribution is 6.43. The summed E-state index contributed by atoms with van der Waals surface area (Å²) >= 11 is 0. The predicted octanol–water partition coefficient (Wildman–Crippen LogP) is -4.31. The Bertz CT molecular complexity index is 1080. The van der Waals surface area contributed by atoms with E-state index in [0.717, 1.165) is 19.4 Å². The fourth-order valence-electron chi connectivity index (χ4n) is 4.94. The van der Waals surface area contributed by atoms with Crippen molar-refractivity contribution in [3.05, 3.63) is 0 Å². The SMILES string of the molecule is CCCCCCCCCCNCCC(=O)N[C@@H](CN)C(=O)N[C@H](C(=O)N[C@@H](N)C(=O)NC1(C(=O)N[C@@H](C)B(O)O)C[C@H]1C(N)=O)[C@@H](C)O. The zero-order chi connectivity index (χ0) is 36.4. The van der Waals surface area contributed by atoms with Crippen LogP contribution in [-0.2, 0) is 28.8 Å². The Morgan fingerprint density at radius 2 is 1.46 bits per heavy atom. The van der Waals surface area contributed by atoms with E-state index in [1.165, 1.54) is 52.4 Å². The van der Waals surface area contributed by atoms with Gasteiger partial charge in [-0.3, -0.25) is 28.8 Å². The Kier molecular flexibility index (Phi) is 19.2. The molecule has 0 aromatic rings. The second-order valence-corrected chi connectivity index (χ2v) is 12.3. The van der Waals surface area contributed by atoms with E-state index >= 15 is 0 Å². The van der Waals surface area contributed by atoms with Crippen LogP contribution in [0.15, 0.2) is 0 Å². The first kappa shape index (κ1) is 42.7. The maximum Gasteiger partial charge on any atom is 0.475 e. The number of unbranched alkanes of at least 4 members (excludes halogenated alkanes) is 7. The number of aliphatic hydroxyl groups is 1. The smallest absolute Gasteiger partial charge is 0.426 e. The Balaban J connectivity index is 2.61. The van der Waals surface area contributed by atoms with Gasteiger partial charge < -0.3 is 64.3 Å². The standard InChI is InChI=1S/C29H56BN9O9/c1-4-5-6-7-8-9-10-11-13-34-14-12-21(41)36-20(16-31)25(43)37-22(17(2)40)26(44)38-23(32)27(45)39-29(15-19(29)24(33)42)28(46)35-18(3)30(47)48/h17-20,22-23,34,40,47-48H,4-16,31-32H2,1-3H3,(H2,33,42)(H,35,46)(H,36,41)(H,37,43)(H,38,44)(H,39,45)/t17-,18+,19+,20+,22+,23-,29?/m1/s1. The van der Waals surface area contributed by atoms with Gasteiger partial charge in [-0.1, -0.05) is 51.9 Å². The average Bonchev–Trinajstić information content (AvgIpc) is 3.76. The topological polar surface area (TPSA) is 313 Å². The molecule has 0 radical (unpaired) electrons. The van der Waals surface area contributed by atoms with Gasteiger partial charge in [-0.15, -0.1) is 0 Å². The molecule has 1 aliphatic rings. The summed E-state index contributed by atoms with van der Waals surface area (Å²) < 4.78 is 0. The van der Waals surface area contributed by atoms with Crippen molar-refractivity contribution in [1.82, 2.24) is 31.9 Å². The van der Waals surface area contributed by atoms with Crippen LogP contribution in [0.2, 0.25) is 0 Å². The molecule has 15 N–H and O–H groups in total. The molecule has 1 rings (SSSR count). The Hall–Kier alpha value is -3.36. The van der Waals surface area contributed by atoms with Crippen molar-refractivity contribution in [3.63, 3.8) is 0 Å². The molecule has 1 fully saturated rings. The number of amides is 6. The van der Waals surface area contributed by atoms with Crippen LogP contribution in [0.4, 0.5) is 0 Å². The third-order valence-corrected chi connectivity index (χ3v) is 8.13. The van der Waals surface area contributed by atoms with E-state index in [-0.39, 0.29) is 19.4 Å². The minimum Gasteiger partial charge on any atom is -0.426 e. The third kappa shape index (κ3) is 14.4. The van der Waals surface area contributed by atoms with Crippen molar-refractivity contribution in [2.75, 3.05) is 19.6 Å². The second-order valence-electron chi connectivity index (χ2n) is 12.3. The summed E-state index contributed by atoms with van der Waals surface area (Å²) in [5.41, 5.74) is 15.0. The first-order chi connectivity index (χ1) is 22.6. The molecule has 0 bridgehead atoms. The van der Waals surface area contributed by atoms with E-state index in [1.54, 1.807) is 0 Å². The highest BCUT2D eigenvalue weighted by atomic mass is 16.4. The van der Waals surface area contributed by atoms with Gasteiger partial charge in [-0.25, -0.2) is 0 Å². The van der Waals surface area contributed by atoms with Crippen LogP contribution in [0.25, 0.3) is 0 Å². The number of aliphatic hydroxyl groups excluding tert-OH is 1. The van der Waals surface area contributed by atoms with E-state index in [4.69, 9.17) is 17.2 Å². The number of hydrogen-bond acceptors (Lipinski definition) is 12. The molecule has 274 valence electrons. The molecule has 0 heterocycles. The van der Waals surface area contributed by atoms with Gasteiger partial charge in [0.25, 0.3) is 5.91 Å². The molecule has 1 unspecified atom stereocenters. The summed E-state index contributed by atoms with van der Waals surface area (Å²) in [4.78, 5) is 75.6. The van der Waals surface area contributed by atoms with Crippen molar-refractivity contribution in [1.29, 1.82) is 0 Å². The van der Waals surface area contributed by atoms with E-state index in [1.807, 2.05) is 0 Å². The number of carbonyl (C=O) groups is 6. The van der Waals surface area contributed by atoms with Crippen LogP contribution >= 0.6 is 0 Å². The number of primary amides is 1. The molecule has 18 nitrogen and oxygen atoms in total. The summed E-state index contributed by atoms with van der Waals surface area (Å²) in [5.74, 6) is -7.63. The van der Waals surface area contributed by atoms with E-state index < -0.39 is 84.3 Å². The minimum atomic E-state index is -1.93. The van der Waals surface area contributed by atoms with Gasteiger partial charge in [0, 0.05) is 19.5 Å². The summed E-state index contributed by atoms with van der Waals surface area (Å²) in [7, 11) is -1.93. The molecule has 0 spiro atoms. The van der Waals surface area contributed by atoms with Crippen LogP contribution in [0.3, 0.4) is 0 Å². The summed E-state index contributed by atoms with van der Waals surface area (Å²) in [5, 5.41) is 43.3. The van der Waals surface area contributed by atoms with Crippen LogP contribution in [-0.4, -0.2) is 113 Å². The van der Waals surface area contributed by atoms with Crippen LogP contribution < -0.4 is 49.1 Å². The van der Waals surface area contributed by atoms with Crippen molar-refractivity contribution in [2.24, 2.45) is 23.1 Å². The molecule has 0 aromatic heterocycles. The zero-order valence-electron chi connectivity index (χ0n) is 28.3. The van der Waals surface area contributed by atoms with Gasteiger partial charge in [-0.2, -0.15) is 0 Å². The maximum absolute atomic E-state index is 12.9. The fraction of sp³-hybridized carbons (Fsp3) is 0.793. The minimum absolute atomic E-state index is 0.0840. The Morgan fingerprint density at radius 1 is 0.854 bits per heavy atom. The van der Waals surface area contributed by atoms with Gasteiger partial charge in [-0.05, 0) is 33.2 Å². The van der Waals surface area contributed by atoms with E-state index in [2.05, 4.69) is 38.8 Å². The molecular formula is C29H56BN9O9. The largest absolute Gasteiger partial charge is 0.475 e. The van der Waals surface area contributed by atoms with Gasteiger partial charge >= 0.3 is 7.12 Å². The molecule has 1 aliphatic carbocycles. The van der Waals surface area contributed by atoms with Crippen molar-refractivity contribution in [3.8, 4) is 0 Å². The van der Waals surface area contributed by atoms with E-state index in [9.17, 15) is 43.9 Å². The lowest BCUT2D eigenvalue weighted by molar-refractivity contribution is -0.136. The van der Waals surface area contributed by atoms with Gasteiger partial charge in [0.1, 0.15) is 17.6 Å². The quantitative estimate of drug-likeness (QED) is 0.0247. The lowest BCUT2D eigenvalue weighted by Gasteiger charge is -2.26. The normalized spacial score (nSPS) is 19.9. The number of rotatable bonds is 25. The summed E-state index contributed by atoms with van der Waals surface area (Å²) in [6.45, 7) is 5.51. The molecule has 48 heavy (non-hydrogen) atoms. The first-order valence-corrected chi connectivity index (χ1v) is 16.6. The molecule has 7 atom stereocenters. The Morgan fingerprint density at radius 3 is 1.98 bits per heavy atom. The van der Waals surface area contributed by atoms with Gasteiger partial charge in [0.05, 0.1) is 18.0 Å². The van der Waals surface area contributed by atoms with Crippen molar-refractivity contribution >= 4 is 42.6 Å². The second kappa shape index (κ2) is 21.6. The maximum atomic E-state index is 12.9. The summed E-state index contributed by atoms with van der Waals surface area (Å²) in [6, 6.07) is -2.85. The molecule has 6 amide bonds. The molecule has 0 aliphatic heterocycles. The van der Waals surface area contributed by atoms with Crippen molar-refractivity contribution < 1.29 is 43.9 Å². The number of nitrogens with one attached hydrogen (secondary N) is 6. The lowest BCUT2D eigenvalue weighted by atomic mass is 9.81.